The second-order valence-electron chi connectivity index (χ2n) is 4.13. The standard InChI is InChI=1S/C13H23NO3/c1-3-5-6-7-8-9-10-14(11-13(16)17)12(15)4-2/h4H,2-3,5-11H2,1H3,(H,16,17). The summed E-state index contributed by atoms with van der Waals surface area (Å²) in [5, 5.41) is 8.67. The number of amides is 1. The van der Waals surface area contributed by atoms with Crippen LogP contribution in [0, 0.1) is 0 Å². The normalized spacial score (nSPS) is 9.94. The summed E-state index contributed by atoms with van der Waals surface area (Å²) >= 11 is 0. The quantitative estimate of drug-likeness (QED) is 0.472. The fourth-order valence-corrected chi connectivity index (χ4v) is 1.64. The third-order valence-corrected chi connectivity index (χ3v) is 2.59. The highest BCUT2D eigenvalue weighted by atomic mass is 16.4. The molecule has 0 saturated heterocycles. The summed E-state index contributed by atoms with van der Waals surface area (Å²) in [6.45, 7) is 5.80. The summed E-state index contributed by atoms with van der Waals surface area (Å²) in [5.41, 5.74) is 0. The lowest BCUT2D eigenvalue weighted by molar-refractivity contribution is -0.142. The summed E-state index contributed by atoms with van der Waals surface area (Å²) in [6, 6.07) is 0. The number of nitrogens with zero attached hydrogens (tertiary/aromatic N) is 1. The van der Waals surface area contributed by atoms with Crippen molar-refractivity contribution in [2.24, 2.45) is 0 Å². The molecule has 0 aromatic heterocycles. The molecule has 0 unspecified atom stereocenters. The molecule has 0 aliphatic rings. The Morgan fingerprint density at radius 2 is 1.76 bits per heavy atom. The summed E-state index contributed by atoms with van der Waals surface area (Å²) in [4.78, 5) is 23.3. The predicted molar refractivity (Wildman–Crippen MR) is 67.8 cm³/mol. The van der Waals surface area contributed by atoms with Gasteiger partial charge in [0.25, 0.3) is 0 Å². The maximum Gasteiger partial charge on any atom is 0.323 e. The highest BCUT2D eigenvalue weighted by Gasteiger charge is 2.12. The van der Waals surface area contributed by atoms with Gasteiger partial charge in [-0.1, -0.05) is 45.6 Å². The van der Waals surface area contributed by atoms with Crippen molar-refractivity contribution in [1.82, 2.24) is 4.90 Å². The Kier molecular flexibility index (Phi) is 9.11. The van der Waals surface area contributed by atoms with E-state index in [4.69, 9.17) is 5.11 Å². The van der Waals surface area contributed by atoms with E-state index in [-0.39, 0.29) is 12.5 Å². The van der Waals surface area contributed by atoms with Crippen LogP contribution in [0.2, 0.25) is 0 Å². The summed E-state index contributed by atoms with van der Waals surface area (Å²) in [6.07, 6.45) is 7.88. The van der Waals surface area contributed by atoms with Gasteiger partial charge in [-0.3, -0.25) is 9.59 Å². The van der Waals surface area contributed by atoms with E-state index >= 15 is 0 Å². The van der Waals surface area contributed by atoms with E-state index in [1.165, 1.54) is 30.2 Å². The average molecular weight is 241 g/mol. The predicted octanol–water partition coefficient (Wildman–Crippen LogP) is 2.45. The molecule has 0 rings (SSSR count). The molecule has 0 radical (unpaired) electrons. The number of carbonyl (C=O) groups is 2. The molecule has 0 aromatic carbocycles. The number of carbonyl (C=O) groups excluding carboxylic acids is 1. The third-order valence-electron chi connectivity index (χ3n) is 2.59. The van der Waals surface area contributed by atoms with Gasteiger partial charge in [-0.05, 0) is 12.5 Å². The van der Waals surface area contributed by atoms with Crippen molar-refractivity contribution in [2.45, 2.75) is 45.4 Å². The summed E-state index contributed by atoms with van der Waals surface area (Å²) in [5.74, 6) is -1.29. The topological polar surface area (TPSA) is 57.6 Å². The molecule has 1 amide bonds. The number of carboxylic acid groups (broad SMARTS) is 1. The molecule has 0 heterocycles. The SMILES string of the molecule is C=CC(=O)N(CCCCCCCC)CC(=O)O. The molecule has 0 saturated carbocycles. The zero-order chi connectivity index (χ0) is 13.1. The Hall–Kier alpha value is -1.32. The molecule has 0 bridgehead atoms. The van der Waals surface area contributed by atoms with Gasteiger partial charge in [-0.15, -0.1) is 0 Å². The molecular formula is C13H23NO3. The van der Waals surface area contributed by atoms with Crippen molar-refractivity contribution in [3.8, 4) is 0 Å². The Bertz CT molecular complexity index is 251. The van der Waals surface area contributed by atoms with Crippen molar-refractivity contribution in [1.29, 1.82) is 0 Å². The molecule has 0 fully saturated rings. The third kappa shape index (κ3) is 8.48. The van der Waals surface area contributed by atoms with E-state index in [2.05, 4.69) is 13.5 Å². The molecule has 0 aliphatic carbocycles. The fourth-order valence-electron chi connectivity index (χ4n) is 1.64. The van der Waals surface area contributed by atoms with E-state index in [1.807, 2.05) is 0 Å². The van der Waals surface area contributed by atoms with Crippen LogP contribution < -0.4 is 0 Å². The highest BCUT2D eigenvalue weighted by Crippen LogP contribution is 2.06. The van der Waals surface area contributed by atoms with E-state index in [0.717, 1.165) is 19.3 Å². The van der Waals surface area contributed by atoms with Crippen LogP contribution in [-0.4, -0.2) is 35.0 Å². The van der Waals surface area contributed by atoms with Crippen molar-refractivity contribution in [2.75, 3.05) is 13.1 Å². The zero-order valence-corrected chi connectivity index (χ0v) is 10.7. The van der Waals surface area contributed by atoms with Gasteiger partial charge in [0.2, 0.25) is 5.91 Å². The molecule has 0 aromatic rings. The van der Waals surface area contributed by atoms with Gasteiger partial charge in [0.15, 0.2) is 0 Å². The highest BCUT2D eigenvalue weighted by molar-refractivity contribution is 5.89. The van der Waals surface area contributed by atoms with Gasteiger partial charge in [-0.25, -0.2) is 0 Å². The molecule has 98 valence electrons. The smallest absolute Gasteiger partial charge is 0.323 e. The molecule has 0 spiro atoms. The fraction of sp³-hybridized carbons (Fsp3) is 0.692. The second-order valence-corrected chi connectivity index (χ2v) is 4.13. The van der Waals surface area contributed by atoms with Crippen LogP contribution in [0.15, 0.2) is 12.7 Å². The minimum atomic E-state index is -0.980. The van der Waals surface area contributed by atoms with Crippen LogP contribution in [0.4, 0.5) is 0 Å². The monoisotopic (exact) mass is 241 g/mol. The molecule has 4 heteroatoms. The molecule has 17 heavy (non-hydrogen) atoms. The second kappa shape index (κ2) is 9.87. The van der Waals surface area contributed by atoms with Gasteiger partial charge < -0.3 is 10.0 Å². The van der Waals surface area contributed by atoms with E-state index < -0.39 is 5.97 Å². The van der Waals surface area contributed by atoms with Gasteiger partial charge in [0.05, 0.1) is 0 Å². The Morgan fingerprint density at radius 1 is 1.18 bits per heavy atom. The summed E-state index contributed by atoms with van der Waals surface area (Å²) in [7, 11) is 0. The molecule has 0 atom stereocenters. The first-order chi connectivity index (χ1) is 8.11. The number of hydrogen-bond acceptors (Lipinski definition) is 2. The van der Waals surface area contributed by atoms with E-state index in [0.29, 0.717) is 6.54 Å². The number of hydrogen-bond donors (Lipinski definition) is 1. The molecule has 1 N–H and O–H groups in total. The van der Waals surface area contributed by atoms with Crippen molar-refractivity contribution in [3.63, 3.8) is 0 Å². The average Bonchev–Trinajstić information content (AvgIpc) is 2.30. The maximum atomic E-state index is 11.4. The van der Waals surface area contributed by atoms with Crippen LogP contribution in [0.5, 0.6) is 0 Å². The van der Waals surface area contributed by atoms with Crippen molar-refractivity contribution in [3.05, 3.63) is 12.7 Å². The molecule has 0 aliphatic heterocycles. The van der Waals surface area contributed by atoms with E-state index in [9.17, 15) is 9.59 Å². The van der Waals surface area contributed by atoms with Gasteiger partial charge in [-0.2, -0.15) is 0 Å². The minimum Gasteiger partial charge on any atom is -0.480 e. The van der Waals surface area contributed by atoms with Crippen LogP contribution in [0.25, 0.3) is 0 Å². The molecule has 4 nitrogen and oxygen atoms in total. The lowest BCUT2D eigenvalue weighted by Crippen LogP contribution is -2.35. The first-order valence-electron chi connectivity index (χ1n) is 6.25. The van der Waals surface area contributed by atoms with Crippen LogP contribution in [-0.2, 0) is 9.59 Å². The minimum absolute atomic E-state index is 0.236. The molecular weight excluding hydrogens is 218 g/mol. The Balaban J connectivity index is 3.80. The number of aliphatic carboxylic acids is 1. The lowest BCUT2D eigenvalue weighted by Gasteiger charge is -2.18. The van der Waals surface area contributed by atoms with Gasteiger partial charge in [0.1, 0.15) is 6.54 Å². The summed E-state index contributed by atoms with van der Waals surface area (Å²) < 4.78 is 0. The Morgan fingerprint density at radius 3 is 2.29 bits per heavy atom. The van der Waals surface area contributed by atoms with Crippen molar-refractivity contribution >= 4 is 11.9 Å². The largest absolute Gasteiger partial charge is 0.480 e. The van der Waals surface area contributed by atoms with E-state index in [1.54, 1.807) is 0 Å². The first-order valence-corrected chi connectivity index (χ1v) is 6.25. The Labute approximate surface area is 103 Å². The van der Waals surface area contributed by atoms with Crippen LogP contribution in [0.1, 0.15) is 45.4 Å². The van der Waals surface area contributed by atoms with Crippen LogP contribution >= 0.6 is 0 Å². The number of rotatable bonds is 10. The number of unbranched alkanes of at least 4 members (excludes halogenated alkanes) is 5. The van der Waals surface area contributed by atoms with Crippen molar-refractivity contribution < 1.29 is 14.7 Å². The maximum absolute atomic E-state index is 11.4. The van der Waals surface area contributed by atoms with Gasteiger partial charge >= 0.3 is 5.97 Å². The van der Waals surface area contributed by atoms with Gasteiger partial charge in [0, 0.05) is 6.54 Å². The number of carboxylic acids is 1. The zero-order valence-electron chi connectivity index (χ0n) is 10.7. The first kappa shape index (κ1) is 15.7. The van der Waals surface area contributed by atoms with Crippen LogP contribution in [0.3, 0.4) is 0 Å². The lowest BCUT2D eigenvalue weighted by atomic mass is 10.1.